The number of nitrogens with zero attached hydrogens (tertiary/aromatic N) is 2. The molecular formula is C17H22N2O4. The van der Waals surface area contributed by atoms with E-state index in [2.05, 4.69) is 4.98 Å². The molecule has 0 spiro atoms. The van der Waals surface area contributed by atoms with Crippen molar-refractivity contribution in [3.63, 3.8) is 0 Å². The standard InChI is InChI=1S/C17H22N2O4/c1-10-7-12(16(21)22-6)15-13(8-10)19(11(2)18-15)9-14(20)23-17(3,4)5/h7-8H,9H2,1-6H3. The van der Waals surface area contributed by atoms with Crippen molar-refractivity contribution < 1.29 is 19.1 Å². The van der Waals surface area contributed by atoms with Crippen molar-refractivity contribution >= 4 is 23.0 Å². The zero-order valence-corrected chi connectivity index (χ0v) is 14.4. The number of hydrogen-bond acceptors (Lipinski definition) is 5. The minimum Gasteiger partial charge on any atom is -0.465 e. The Balaban J connectivity index is 2.49. The Morgan fingerprint density at radius 2 is 1.87 bits per heavy atom. The summed E-state index contributed by atoms with van der Waals surface area (Å²) in [5.74, 6) is -0.150. The van der Waals surface area contributed by atoms with Gasteiger partial charge in [-0.3, -0.25) is 4.79 Å². The molecule has 0 saturated heterocycles. The second kappa shape index (κ2) is 6.02. The van der Waals surface area contributed by atoms with Gasteiger partial charge in [-0.1, -0.05) is 0 Å². The van der Waals surface area contributed by atoms with E-state index in [1.807, 2.05) is 33.8 Å². The SMILES string of the molecule is COC(=O)c1cc(C)cc2c1nc(C)n2CC(=O)OC(C)(C)C. The molecule has 124 valence electrons. The molecule has 0 unspecified atom stereocenters. The summed E-state index contributed by atoms with van der Waals surface area (Å²) in [7, 11) is 1.33. The smallest absolute Gasteiger partial charge is 0.340 e. The Morgan fingerprint density at radius 1 is 1.22 bits per heavy atom. The zero-order chi connectivity index (χ0) is 17.4. The van der Waals surface area contributed by atoms with E-state index >= 15 is 0 Å². The zero-order valence-electron chi connectivity index (χ0n) is 14.4. The van der Waals surface area contributed by atoms with Crippen LogP contribution in [0.5, 0.6) is 0 Å². The Bertz CT molecular complexity index is 769. The maximum Gasteiger partial charge on any atom is 0.340 e. The highest BCUT2D eigenvalue weighted by Crippen LogP contribution is 2.23. The number of fused-ring (bicyclic) bond motifs is 1. The van der Waals surface area contributed by atoms with E-state index in [4.69, 9.17) is 9.47 Å². The molecule has 1 aromatic carbocycles. The summed E-state index contributed by atoms with van der Waals surface area (Å²) in [5.41, 5.74) is 1.99. The van der Waals surface area contributed by atoms with E-state index in [1.54, 1.807) is 17.6 Å². The van der Waals surface area contributed by atoms with Gasteiger partial charge in [0.25, 0.3) is 0 Å². The normalized spacial score (nSPS) is 11.6. The van der Waals surface area contributed by atoms with Crippen LogP contribution in [0, 0.1) is 13.8 Å². The van der Waals surface area contributed by atoms with Gasteiger partial charge in [-0.2, -0.15) is 0 Å². The summed E-state index contributed by atoms with van der Waals surface area (Å²) in [5, 5.41) is 0. The number of rotatable bonds is 3. The quantitative estimate of drug-likeness (QED) is 0.814. The van der Waals surface area contributed by atoms with Gasteiger partial charge in [0.1, 0.15) is 23.5 Å². The van der Waals surface area contributed by atoms with Crippen molar-refractivity contribution in [2.75, 3.05) is 7.11 Å². The number of aromatic nitrogens is 2. The number of methoxy groups -OCH3 is 1. The minimum absolute atomic E-state index is 0.0453. The first-order valence-corrected chi connectivity index (χ1v) is 7.40. The number of ether oxygens (including phenoxy) is 2. The summed E-state index contributed by atoms with van der Waals surface area (Å²) in [4.78, 5) is 28.5. The van der Waals surface area contributed by atoms with E-state index in [0.29, 0.717) is 22.4 Å². The lowest BCUT2D eigenvalue weighted by Gasteiger charge is -2.20. The molecule has 0 saturated carbocycles. The average Bonchev–Trinajstić information content (AvgIpc) is 2.72. The van der Waals surface area contributed by atoms with Gasteiger partial charge >= 0.3 is 11.9 Å². The van der Waals surface area contributed by atoms with Crippen molar-refractivity contribution in [3.8, 4) is 0 Å². The van der Waals surface area contributed by atoms with Crippen LogP contribution in [0.25, 0.3) is 11.0 Å². The fourth-order valence-corrected chi connectivity index (χ4v) is 2.45. The molecule has 0 fully saturated rings. The van der Waals surface area contributed by atoms with Crippen LogP contribution in [0.3, 0.4) is 0 Å². The molecule has 2 rings (SSSR count). The van der Waals surface area contributed by atoms with Crippen LogP contribution in [0.1, 0.15) is 42.5 Å². The molecule has 23 heavy (non-hydrogen) atoms. The molecule has 0 N–H and O–H groups in total. The predicted octanol–water partition coefficient (Wildman–Crippen LogP) is 2.78. The Kier molecular flexibility index (Phi) is 4.45. The van der Waals surface area contributed by atoms with Crippen LogP contribution in [-0.2, 0) is 20.8 Å². The highest BCUT2D eigenvalue weighted by molar-refractivity contribution is 6.02. The summed E-state index contributed by atoms with van der Waals surface area (Å²) < 4.78 is 11.9. The summed E-state index contributed by atoms with van der Waals surface area (Å²) >= 11 is 0. The number of aryl methyl sites for hydroxylation is 2. The fraction of sp³-hybridized carbons (Fsp3) is 0.471. The Morgan fingerprint density at radius 3 is 2.43 bits per heavy atom. The van der Waals surface area contributed by atoms with Crippen LogP contribution >= 0.6 is 0 Å². The van der Waals surface area contributed by atoms with E-state index in [1.165, 1.54) is 7.11 Å². The van der Waals surface area contributed by atoms with E-state index in [0.717, 1.165) is 5.56 Å². The largest absolute Gasteiger partial charge is 0.465 e. The first kappa shape index (κ1) is 17.0. The van der Waals surface area contributed by atoms with Crippen molar-refractivity contribution in [1.82, 2.24) is 9.55 Å². The summed E-state index contributed by atoms with van der Waals surface area (Å²) in [6.07, 6.45) is 0. The second-order valence-corrected chi connectivity index (χ2v) is 6.50. The predicted molar refractivity (Wildman–Crippen MR) is 86.4 cm³/mol. The molecule has 0 atom stereocenters. The van der Waals surface area contributed by atoms with Gasteiger partial charge < -0.3 is 14.0 Å². The van der Waals surface area contributed by atoms with E-state index in [-0.39, 0.29) is 12.5 Å². The van der Waals surface area contributed by atoms with Crippen molar-refractivity contribution in [2.45, 2.75) is 46.8 Å². The third-order valence-electron chi connectivity index (χ3n) is 3.30. The van der Waals surface area contributed by atoms with Crippen LogP contribution in [0.15, 0.2) is 12.1 Å². The molecule has 2 aromatic rings. The molecule has 0 bridgehead atoms. The third kappa shape index (κ3) is 3.70. The number of hydrogen-bond donors (Lipinski definition) is 0. The first-order chi connectivity index (χ1) is 10.6. The Labute approximate surface area is 135 Å². The number of esters is 2. The van der Waals surface area contributed by atoms with Gasteiger partial charge in [-0.05, 0) is 52.3 Å². The van der Waals surface area contributed by atoms with Gasteiger partial charge in [0.05, 0.1) is 18.2 Å². The molecule has 6 nitrogen and oxygen atoms in total. The lowest BCUT2D eigenvalue weighted by atomic mass is 10.1. The molecule has 1 aromatic heterocycles. The summed E-state index contributed by atoms with van der Waals surface area (Å²) in [6, 6.07) is 3.63. The van der Waals surface area contributed by atoms with Crippen molar-refractivity contribution in [1.29, 1.82) is 0 Å². The molecule has 0 aliphatic heterocycles. The highest BCUT2D eigenvalue weighted by Gasteiger charge is 2.21. The average molecular weight is 318 g/mol. The second-order valence-electron chi connectivity index (χ2n) is 6.50. The van der Waals surface area contributed by atoms with Gasteiger partial charge in [-0.25, -0.2) is 9.78 Å². The third-order valence-corrected chi connectivity index (χ3v) is 3.30. The van der Waals surface area contributed by atoms with E-state index in [9.17, 15) is 9.59 Å². The minimum atomic E-state index is -0.547. The molecular weight excluding hydrogens is 296 g/mol. The summed E-state index contributed by atoms with van der Waals surface area (Å²) in [6.45, 7) is 9.19. The maximum absolute atomic E-state index is 12.1. The lowest BCUT2D eigenvalue weighted by Crippen LogP contribution is -2.26. The monoisotopic (exact) mass is 318 g/mol. The van der Waals surface area contributed by atoms with Crippen LogP contribution < -0.4 is 0 Å². The molecule has 0 radical (unpaired) electrons. The topological polar surface area (TPSA) is 70.4 Å². The van der Waals surface area contributed by atoms with Crippen molar-refractivity contribution in [2.24, 2.45) is 0 Å². The molecule has 0 aliphatic rings. The molecule has 0 amide bonds. The van der Waals surface area contributed by atoms with E-state index < -0.39 is 11.6 Å². The number of carbonyl (C=O) groups is 2. The molecule has 6 heteroatoms. The maximum atomic E-state index is 12.1. The highest BCUT2D eigenvalue weighted by atomic mass is 16.6. The van der Waals surface area contributed by atoms with Gasteiger partial charge in [0.2, 0.25) is 0 Å². The van der Waals surface area contributed by atoms with Gasteiger partial charge in [0, 0.05) is 0 Å². The van der Waals surface area contributed by atoms with Crippen LogP contribution in [-0.4, -0.2) is 34.2 Å². The number of carbonyl (C=O) groups excluding carboxylic acids is 2. The van der Waals surface area contributed by atoms with Gasteiger partial charge in [-0.15, -0.1) is 0 Å². The van der Waals surface area contributed by atoms with Crippen molar-refractivity contribution in [3.05, 3.63) is 29.1 Å². The number of imidazole rings is 1. The fourth-order valence-electron chi connectivity index (χ4n) is 2.45. The number of benzene rings is 1. The lowest BCUT2D eigenvalue weighted by molar-refractivity contribution is -0.155. The molecule has 1 heterocycles. The van der Waals surface area contributed by atoms with Gasteiger partial charge in [0.15, 0.2) is 0 Å². The molecule has 0 aliphatic carbocycles. The first-order valence-electron chi connectivity index (χ1n) is 7.40. The van der Waals surface area contributed by atoms with Crippen LogP contribution in [0.2, 0.25) is 0 Å². The van der Waals surface area contributed by atoms with Crippen LogP contribution in [0.4, 0.5) is 0 Å². The Hall–Kier alpha value is -2.37.